The largest absolute Gasteiger partial charge is 0.508 e. The lowest BCUT2D eigenvalue weighted by Gasteiger charge is -2.05. The molecule has 0 saturated carbocycles. The highest BCUT2D eigenvalue weighted by Crippen LogP contribution is 2.26. The topological polar surface area (TPSA) is 68.2 Å². The lowest BCUT2D eigenvalue weighted by Crippen LogP contribution is -2.09. The van der Waals surface area contributed by atoms with E-state index in [1.54, 1.807) is 16.7 Å². The highest BCUT2D eigenvalue weighted by molar-refractivity contribution is 5.95. The van der Waals surface area contributed by atoms with Gasteiger partial charge in [-0.05, 0) is 43.1 Å². The van der Waals surface area contributed by atoms with Crippen molar-refractivity contribution in [2.24, 2.45) is 5.73 Å². The van der Waals surface area contributed by atoms with E-state index in [4.69, 9.17) is 5.73 Å². The zero-order valence-electron chi connectivity index (χ0n) is 21.8. The van der Waals surface area contributed by atoms with Crippen LogP contribution in [0.25, 0.3) is 10.9 Å². The Kier molecular flexibility index (Phi) is 14.7. The van der Waals surface area contributed by atoms with Gasteiger partial charge in [0.1, 0.15) is 5.75 Å². The number of phenolic OH excluding ortho intramolecular Hbond substituents is 1. The van der Waals surface area contributed by atoms with Crippen molar-refractivity contribution < 1.29 is 9.90 Å². The third-order valence-corrected chi connectivity index (χ3v) is 7.05. The van der Waals surface area contributed by atoms with Crippen LogP contribution in [0, 0.1) is 0 Å². The summed E-state index contributed by atoms with van der Waals surface area (Å²) in [7, 11) is 0. The Morgan fingerprint density at radius 3 is 1.79 bits per heavy atom. The van der Waals surface area contributed by atoms with Crippen molar-refractivity contribution in [3.8, 4) is 5.75 Å². The van der Waals surface area contributed by atoms with Crippen molar-refractivity contribution in [2.45, 2.75) is 129 Å². The predicted molar refractivity (Wildman–Crippen MR) is 146 cm³/mol. The van der Waals surface area contributed by atoms with E-state index >= 15 is 0 Å². The average molecular weight is 471 g/mol. The van der Waals surface area contributed by atoms with Crippen molar-refractivity contribution in [2.75, 3.05) is 6.54 Å². The van der Waals surface area contributed by atoms with E-state index < -0.39 is 0 Å². The number of fused-ring (bicyclic) bond motifs is 1. The van der Waals surface area contributed by atoms with Crippen LogP contribution in [-0.2, 0) is 6.42 Å². The molecule has 0 unspecified atom stereocenters. The standard InChI is InChI=1S/C30H50N2O2/c1-2-3-4-5-6-7-8-9-10-11-12-13-14-15-16-17-18-19-30(34)32-25-26(22-23-31)28-24-27(33)20-21-29(28)32/h20-21,24-25,33H,2-19,22-23,31H2,1H3. The molecule has 0 atom stereocenters. The lowest BCUT2D eigenvalue weighted by molar-refractivity contribution is 0.0904. The van der Waals surface area contributed by atoms with E-state index in [-0.39, 0.29) is 11.7 Å². The first-order valence-electron chi connectivity index (χ1n) is 14.2. The summed E-state index contributed by atoms with van der Waals surface area (Å²) in [6.07, 6.45) is 26.0. The molecule has 0 bridgehead atoms. The molecule has 0 aliphatic rings. The minimum Gasteiger partial charge on any atom is -0.508 e. The van der Waals surface area contributed by atoms with Gasteiger partial charge in [-0.2, -0.15) is 0 Å². The van der Waals surface area contributed by atoms with Gasteiger partial charge in [0.2, 0.25) is 5.91 Å². The van der Waals surface area contributed by atoms with Crippen molar-refractivity contribution in [3.05, 3.63) is 30.0 Å². The predicted octanol–water partition coefficient (Wildman–Crippen LogP) is 8.53. The van der Waals surface area contributed by atoms with E-state index in [2.05, 4.69) is 6.92 Å². The third-order valence-electron chi connectivity index (χ3n) is 7.05. The molecular weight excluding hydrogens is 420 g/mol. The van der Waals surface area contributed by atoms with Gasteiger partial charge < -0.3 is 10.8 Å². The highest BCUT2D eigenvalue weighted by atomic mass is 16.3. The molecule has 1 heterocycles. The Morgan fingerprint density at radius 2 is 1.29 bits per heavy atom. The summed E-state index contributed by atoms with van der Waals surface area (Å²) in [5.41, 5.74) is 7.63. The van der Waals surface area contributed by atoms with Crippen LogP contribution < -0.4 is 5.73 Å². The fraction of sp³-hybridized carbons (Fsp3) is 0.700. The molecule has 1 aromatic carbocycles. The second-order valence-electron chi connectivity index (χ2n) is 10.1. The molecule has 0 saturated heterocycles. The van der Waals surface area contributed by atoms with E-state index in [1.807, 2.05) is 12.3 Å². The van der Waals surface area contributed by atoms with Gasteiger partial charge in [0.15, 0.2) is 0 Å². The third kappa shape index (κ3) is 10.6. The number of hydrogen-bond acceptors (Lipinski definition) is 3. The summed E-state index contributed by atoms with van der Waals surface area (Å²) in [5, 5.41) is 10.7. The first kappa shape index (κ1) is 28.4. The Morgan fingerprint density at radius 1 is 0.794 bits per heavy atom. The number of rotatable bonds is 20. The number of carbonyl (C=O) groups excluding carboxylic acids is 1. The molecule has 4 nitrogen and oxygen atoms in total. The number of hydrogen-bond donors (Lipinski definition) is 2. The zero-order chi connectivity index (χ0) is 24.4. The summed E-state index contributed by atoms with van der Waals surface area (Å²) in [6.45, 7) is 2.81. The molecule has 2 rings (SSSR count). The number of nitrogens with zero attached hydrogens (tertiary/aromatic N) is 1. The van der Waals surface area contributed by atoms with E-state index in [0.29, 0.717) is 19.4 Å². The Hall–Kier alpha value is -1.81. The number of aromatic nitrogens is 1. The Labute approximate surface area is 208 Å². The number of nitrogens with two attached hydrogens (primary N) is 1. The quantitative estimate of drug-likeness (QED) is 0.190. The van der Waals surface area contributed by atoms with Gasteiger partial charge in [0, 0.05) is 18.0 Å². The second-order valence-corrected chi connectivity index (χ2v) is 10.1. The summed E-state index contributed by atoms with van der Waals surface area (Å²) in [4.78, 5) is 12.8. The van der Waals surface area contributed by atoms with Crippen molar-refractivity contribution in [1.82, 2.24) is 4.57 Å². The molecule has 192 valence electrons. The number of benzene rings is 1. The summed E-state index contributed by atoms with van der Waals surface area (Å²) in [6, 6.07) is 5.21. The van der Waals surface area contributed by atoms with Crippen LogP contribution in [0.1, 0.15) is 133 Å². The maximum Gasteiger partial charge on any atom is 0.231 e. The van der Waals surface area contributed by atoms with Crippen molar-refractivity contribution >= 4 is 16.8 Å². The van der Waals surface area contributed by atoms with Gasteiger partial charge in [0.25, 0.3) is 0 Å². The van der Waals surface area contributed by atoms with Gasteiger partial charge >= 0.3 is 0 Å². The minimum absolute atomic E-state index is 0.139. The van der Waals surface area contributed by atoms with Gasteiger partial charge in [0.05, 0.1) is 5.52 Å². The van der Waals surface area contributed by atoms with Crippen LogP contribution in [0.3, 0.4) is 0 Å². The van der Waals surface area contributed by atoms with Gasteiger partial charge in [-0.1, -0.05) is 110 Å². The van der Waals surface area contributed by atoms with Crippen LogP contribution >= 0.6 is 0 Å². The van der Waals surface area contributed by atoms with Crippen LogP contribution in [0.5, 0.6) is 5.75 Å². The number of aromatic hydroxyl groups is 1. The molecule has 0 aliphatic carbocycles. The summed E-state index contributed by atoms with van der Waals surface area (Å²) < 4.78 is 1.76. The molecule has 0 aliphatic heterocycles. The molecule has 34 heavy (non-hydrogen) atoms. The molecule has 0 fully saturated rings. The molecule has 0 amide bonds. The molecule has 1 aromatic heterocycles. The summed E-state index contributed by atoms with van der Waals surface area (Å²) >= 11 is 0. The summed E-state index contributed by atoms with van der Waals surface area (Å²) in [5.74, 6) is 0.365. The lowest BCUT2D eigenvalue weighted by atomic mass is 10.0. The molecule has 3 N–H and O–H groups in total. The maximum atomic E-state index is 12.8. The van der Waals surface area contributed by atoms with Crippen LogP contribution in [0.2, 0.25) is 0 Å². The van der Waals surface area contributed by atoms with E-state index in [0.717, 1.165) is 29.3 Å². The SMILES string of the molecule is CCCCCCCCCCCCCCCCCCCC(=O)n1cc(CCN)c2cc(O)ccc21. The zero-order valence-corrected chi connectivity index (χ0v) is 21.8. The van der Waals surface area contributed by atoms with Gasteiger partial charge in [-0.3, -0.25) is 9.36 Å². The first-order valence-corrected chi connectivity index (χ1v) is 14.2. The van der Waals surface area contributed by atoms with E-state index in [1.165, 1.54) is 96.3 Å². The van der Waals surface area contributed by atoms with Gasteiger partial charge in [-0.15, -0.1) is 0 Å². The van der Waals surface area contributed by atoms with Crippen LogP contribution in [0.4, 0.5) is 0 Å². The smallest absolute Gasteiger partial charge is 0.231 e. The highest BCUT2D eigenvalue weighted by Gasteiger charge is 2.13. The van der Waals surface area contributed by atoms with Crippen LogP contribution in [-0.4, -0.2) is 22.1 Å². The fourth-order valence-corrected chi connectivity index (χ4v) is 4.97. The molecule has 0 radical (unpaired) electrons. The van der Waals surface area contributed by atoms with Crippen molar-refractivity contribution in [1.29, 1.82) is 0 Å². The second kappa shape index (κ2) is 17.6. The number of unbranched alkanes of at least 4 members (excludes halogenated alkanes) is 16. The molecule has 4 heteroatoms. The van der Waals surface area contributed by atoms with Gasteiger partial charge in [-0.25, -0.2) is 0 Å². The number of phenols is 1. The maximum absolute atomic E-state index is 12.8. The normalized spacial score (nSPS) is 11.5. The van der Waals surface area contributed by atoms with Crippen molar-refractivity contribution in [3.63, 3.8) is 0 Å². The Bertz CT molecular complexity index is 811. The minimum atomic E-state index is 0.139. The monoisotopic (exact) mass is 470 g/mol. The molecular formula is C30H50N2O2. The Balaban J connectivity index is 1.48. The van der Waals surface area contributed by atoms with Crippen LogP contribution in [0.15, 0.2) is 24.4 Å². The first-order chi connectivity index (χ1) is 16.7. The van der Waals surface area contributed by atoms with E-state index in [9.17, 15) is 9.90 Å². The average Bonchev–Trinajstić information content (AvgIpc) is 3.18. The fourth-order valence-electron chi connectivity index (χ4n) is 4.97. The number of carbonyl (C=O) groups is 1. The molecule has 0 spiro atoms. The molecule has 2 aromatic rings.